The van der Waals surface area contributed by atoms with Crippen LogP contribution in [-0.2, 0) is 0 Å². The van der Waals surface area contributed by atoms with Crippen LogP contribution in [0.5, 0.6) is 0 Å². The molecule has 2 rings (SSSR count). The van der Waals surface area contributed by atoms with Gasteiger partial charge in [-0.1, -0.05) is 6.92 Å². The predicted molar refractivity (Wildman–Crippen MR) is 66.0 cm³/mol. The Bertz CT molecular complexity index is 434. The molecular formula is C13H18N2O2. The summed E-state index contributed by atoms with van der Waals surface area (Å²) in [6, 6.07) is 3.43. The van der Waals surface area contributed by atoms with Gasteiger partial charge in [-0.25, -0.2) is 5.43 Å². The summed E-state index contributed by atoms with van der Waals surface area (Å²) in [5, 5.41) is 4.18. The zero-order chi connectivity index (χ0) is 12.3. The van der Waals surface area contributed by atoms with Gasteiger partial charge in [-0.2, -0.15) is 5.10 Å². The first-order valence-corrected chi connectivity index (χ1v) is 6.07. The quantitative estimate of drug-likeness (QED) is 0.800. The lowest BCUT2D eigenvalue weighted by Crippen LogP contribution is -2.21. The van der Waals surface area contributed by atoms with Crippen molar-refractivity contribution in [3.05, 3.63) is 23.7 Å². The van der Waals surface area contributed by atoms with Gasteiger partial charge in [-0.3, -0.25) is 4.79 Å². The highest BCUT2D eigenvalue weighted by Crippen LogP contribution is 2.20. The smallest absolute Gasteiger partial charge is 0.307 e. The molecule has 1 fully saturated rings. The molecule has 4 heteroatoms. The molecule has 1 aromatic rings. The standard InChI is InChI=1S/C13H18N2O2/c1-9-4-3-5-11(8-9)14-15-13(16)12-7-6-10(2)17-12/h6-7,9H,3-5,8H2,1-2H3,(H,15,16)/b14-11+. The summed E-state index contributed by atoms with van der Waals surface area (Å²) in [4.78, 5) is 11.7. The number of hydrogen-bond donors (Lipinski definition) is 1. The lowest BCUT2D eigenvalue weighted by atomic mass is 9.89. The maximum absolute atomic E-state index is 11.7. The second-order valence-corrected chi connectivity index (χ2v) is 4.73. The summed E-state index contributed by atoms with van der Waals surface area (Å²) >= 11 is 0. The number of carbonyl (C=O) groups excluding carboxylic acids is 1. The molecule has 1 atom stereocenters. The third-order valence-electron chi connectivity index (χ3n) is 3.03. The van der Waals surface area contributed by atoms with Crippen molar-refractivity contribution >= 4 is 11.6 Å². The Morgan fingerprint density at radius 1 is 1.53 bits per heavy atom. The summed E-state index contributed by atoms with van der Waals surface area (Å²) in [5.41, 5.74) is 3.64. The van der Waals surface area contributed by atoms with Crippen LogP contribution in [0.1, 0.15) is 48.9 Å². The van der Waals surface area contributed by atoms with Crippen LogP contribution in [0.2, 0.25) is 0 Å². The molecule has 4 nitrogen and oxygen atoms in total. The van der Waals surface area contributed by atoms with E-state index in [1.807, 2.05) is 6.92 Å². The van der Waals surface area contributed by atoms with Crippen LogP contribution in [0.3, 0.4) is 0 Å². The van der Waals surface area contributed by atoms with Crippen LogP contribution in [0.15, 0.2) is 21.7 Å². The van der Waals surface area contributed by atoms with Crippen molar-refractivity contribution in [1.82, 2.24) is 5.43 Å². The number of nitrogens with zero attached hydrogens (tertiary/aromatic N) is 1. The Hall–Kier alpha value is -1.58. The van der Waals surface area contributed by atoms with Crippen molar-refractivity contribution in [2.45, 2.75) is 39.5 Å². The molecule has 1 aliphatic carbocycles. The number of carbonyl (C=O) groups is 1. The summed E-state index contributed by atoms with van der Waals surface area (Å²) < 4.78 is 5.22. The minimum atomic E-state index is -0.274. The molecule has 0 saturated heterocycles. The fourth-order valence-electron chi connectivity index (χ4n) is 2.10. The monoisotopic (exact) mass is 234 g/mol. The van der Waals surface area contributed by atoms with E-state index < -0.39 is 0 Å². The van der Waals surface area contributed by atoms with E-state index in [0.29, 0.717) is 11.7 Å². The highest BCUT2D eigenvalue weighted by Gasteiger charge is 2.15. The van der Waals surface area contributed by atoms with Crippen molar-refractivity contribution in [3.63, 3.8) is 0 Å². The minimum absolute atomic E-state index is 0.274. The minimum Gasteiger partial charge on any atom is -0.456 e. The van der Waals surface area contributed by atoms with Crippen LogP contribution in [-0.4, -0.2) is 11.6 Å². The van der Waals surface area contributed by atoms with E-state index in [4.69, 9.17) is 4.42 Å². The van der Waals surface area contributed by atoms with Crippen LogP contribution in [0.4, 0.5) is 0 Å². The molecule has 0 bridgehead atoms. The van der Waals surface area contributed by atoms with Crippen molar-refractivity contribution in [1.29, 1.82) is 0 Å². The number of aryl methyl sites for hydroxylation is 1. The number of furan rings is 1. The second-order valence-electron chi connectivity index (χ2n) is 4.73. The third-order valence-corrected chi connectivity index (χ3v) is 3.03. The van der Waals surface area contributed by atoms with E-state index in [1.54, 1.807) is 12.1 Å². The molecule has 92 valence electrons. The molecule has 0 aliphatic heterocycles. The van der Waals surface area contributed by atoms with Crippen molar-refractivity contribution < 1.29 is 9.21 Å². The van der Waals surface area contributed by atoms with Gasteiger partial charge in [0.25, 0.3) is 0 Å². The van der Waals surface area contributed by atoms with Crippen molar-refractivity contribution in [3.8, 4) is 0 Å². The van der Waals surface area contributed by atoms with E-state index in [1.165, 1.54) is 6.42 Å². The Morgan fingerprint density at radius 3 is 3.00 bits per heavy atom. The summed E-state index contributed by atoms with van der Waals surface area (Å²) in [7, 11) is 0. The number of nitrogens with one attached hydrogen (secondary N) is 1. The number of amides is 1. The second kappa shape index (κ2) is 5.17. The molecule has 1 amide bonds. The van der Waals surface area contributed by atoms with Gasteiger partial charge in [0.1, 0.15) is 5.76 Å². The van der Waals surface area contributed by atoms with Crippen LogP contribution in [0, 0.1) is 12.8 Å². The van der Waals surface area contributed by atoms with Gasteiger partial charge >= 0.3 is 5.91 Å². The maximum Gasteiger partial charge on any atom is 0.307 e. The lowest BCUT2D eigenvalue weighted by Gasteiger charge is -2.18. The van der Waals surface area contributed by atoms with Gasteiger partial charge in [0.15, 0.2) is 5.76 Å². The van der Waals surface area contributed by atoms with E-state index in [9.17, 15) is 4.79 Å². The third kappa shape index (κ3) is 3.19. The Labute approximate surface area is 101 Å². The average molecular weight is 234 g/mol. The molecule has 0 aromatic carbocycles. The Balaban J connectivity index is 1.93. The first kappa shape index (κ1) is 11.9. The molecule has 0 spiro atoms. The molecule has 1 heterocycles. The molecular weight excluding hydrogens is 216 g/mol. The fourth-order valence-corrected chi connectivity index (χ4v) is 2.10. The normalized spacial score (nSPS) is 22.7. The summed E-state index contributed by atoms with van der Waals surface area (Å²) in [5.74, 6) is 1.44. The molecule has 0 radical (unpaired) electrons. The number of hydrogen-bond acceptors (Lipinski definition) is 3. The highest BCUT2D eigenvalue weighted by atomic mass is 16.3. The fraction of sp³-hybridized carbons (Fsp3) is 0.538. The predicted octanol–water partition coefficient (Wildman–Crippen LogP) is 2.88. The molecule has 1 N–H and O–H groups in total. The van der Waals surface area contributed by atoms with Crippen LogP contribution < -0.4 is 5.43 Å². The van der Waals surface area contributed by atoms with Gasteiger partial charge in [-0.05, 0) is 50.7 Å². The summed E-state index contributed by atoms with van der Waals surface area (Å²) in [6.07, 6.45) is 4.39. The average Bonchev–Trinajstić information content (AvgIpc) is 2.73. The van der Waals surface area contributed by atoms with E-state index in [2.05, 4.69) is 17.5 Å². The first-order chi connectivity index (χ1) is 8.15. The molecule has 1 unspecified atom stereocenters. The largest absolute Gasteiger partial charge is 0.456 e. The molecule has 1 saturated carbocycles. The van der Waals surface area contributed by atoms with E-state index in [-0.39, 0.29) is 5.91 Å². The topological polar surface area (TPSA) is 54.6 Å². The summed E-state index contributed by atoms with van der Waals surface area (Å²) in [6.45, 7) is 4.03. The van der Waals surface area contributed by atoms with Crippen LogP contribution >= 0.6 is 0 Å². The SMILES string of the molecule is Cc1ccc(C(=O)N/N=C2\CCCC(C)C2)o1. The van der Waals surface area contributed by atoms with Crippen molar-refractivity contribution in [2.24, 2.45) is 11.0 Å². The first-order valence-electron chi connectivity index (χ1n) is 6.07. The van der Waals surface area contributed by atoms with Crippen molar-refractivity contribution in [2.75, 3.05) is 0 Å². The zero-order valence-electron chi connectivity index (χ0n) is 10.3. The van der Waals surface area contributed by atoms with E-state index in [0.717, 1.165) is 30.7 Å². The van der Waals surface area contributed by atoms with Gasteiger partial charge in [0.2, 0.25) is 0 Å². The molecule has 1 aliphatic rings. The van der Waals surface area contributed by atoms with Gasteiger partial charge < -0.3 is 4.42 Å². The maximum atomic E-state index is 11.7. The lowest BCUT2D eigenvalue weighted by molar-refractivity contribution is 0.0925. The molecule has 17 heavy (non-hydrogen) atoms. The molecule has 1 aromatic heterocycles. The van der Waals surface area contributed by atoms with Gasteiger partial charge in [0, 0.05) is 5.71 Å². The van der Waals surface area contributed by atoms with Gasteiger partial charge in [0.05, 0.1) is 0 Å². The highest BCUT2D eigenvalue weighted by molar-refractivity contribution is 5.93. The van der Waals surface area contributed by atoms with Gasteiger partial charge in [-0.15, -0.1) is 0 Å². The van der Waals surface area contributed by atoms with E-state index >= 15 is 0 Å². The number of rotatable bonds is 2. The Morgan fingerprint density at radius 2 is 2.35 bits per heavy atom. The number of hydrazone groups is 1. The zero-order valence-corrected chi connectivity index (χ0v) is 10.3. The van der Waals surface area contributed by atoms with Crippen LogP contribution in [0.25, 0.3) is 0 Å². The Kier molecular flexibility index (Phi) is 3.61.